The van der Waals surface area contributed by atoms with Crippen molar-refractivity contribution < 1.29 is 9.47 Å². The lowest BCUT2D eigenvalue weighted by atomic mass is 10.2. The van der Waals surface area contributed by atoms with E-state index in [1.165, 1.54) is 0 Å². The van der Waals surface area contributed by atoms with Crippen molar-refractivity contribution >= 4 is 34.7 Å². The molecule has 1 aromatic heterocycles. The smallest absolute Gasteiger partial charge is 0.249 e. The van der Waals surface area contributed by atoms with Crippen LogP contribution in [0.4, 0.5) is 23.1 Å². The summed E-state index contributed by atoms with van der Waals surface area (Å²) >= 11 is 6.14. The molecule has 2 heterocycles. The highest BCUT2D eigenvalue weighted by Gasteiger charge is 2.14. The van der Waals surface area contributed by atoms with Gasteiger partial charge in [-0.1, -0.05) is 17.7 Å². The Labute approximate surface area is 149 Å². The van der Waals surface area contributed by atoms with Crippen molar-refractivity contribution in [1.29, 1.82) is 0 Å². The number of anilines is 4. The third-order valence-corrected chi connectivity index (χ3v) is 4.13. The molecule has 7 nitrogen and oxygen atoms in total. The molecule has 0 aliphatic carbocycles. The van der Waals surface area contributed by atoms with Crippen LogP contribution in [0.15, 0.2) is 42.6 Å². The first-order valence-electron chi connectivity index (χ1n) is 7.57. The monoisotopic (exact) mass is 355 g/mol. The molecule has 0 saturated carbocycles. The van der Waals surface area contributed by atoms with E-state index in [1.807, 2.05) is 43.3 Å². The van der Waals surface area contributed by atoms with E-state index in [2.05, 4.69) is 25.8 Å². The Hall–Kier alpha value is -3.06. The second-order valence-electron chi connectivity index (χ2n) is 5.40. The summed E-state index contributed by atoms with van der Waals surface area (Å²) in [6.45, 7) is 2.17. The quantitative estimate of drug-likeness (QED) is 0.730. The van der Waals surface area contributed by atoms with Gasteiger partial charge in [0.25, 0.3) is 0 Å². The predicted molar refractivity (Wildman–Crippen MR) is 95.1 cm³/mol. The SMILES string of the molecule is Cc1c(Cl)cccc1Nc1cnnc(Nc2ccc3c(c2)OCO3)n1. The van der Waals surface area contributed by atoms with E-state index in [-0.39, 0.29) is 6.79 Å². The number of hydrogen-bond acceptors (Lipinski definition) is 7. The fourth-order valence-electron chi connectivity index (χ4n) is 2.40. The van der Waals surface area contributed by atoms with Gasteiger partial charge in [0, 0.05) is 22.5 Å². The molecule has 0 atom stereocenters. The van der Waals surface area contributed by atoms with Crippen LogP contribution in [0.1, 0.15) is 5.56 Å². The van der Waals surface area contributed by atoms with E-state index >= 15 is 0 Å². The van der Waals surface area contributed by atoms with Gasteiger partial charge in [0.05, 0.1) is 6.20 Å². The van der Waals surface area contributed by atoms with Crippen LogP contribution in [0.3, 0.4) is 0 Å². The maximum Gasteiger partial charge on any atom is 0.249 e. The Bertz CT molecular complexity index is 935. The van der Waals surface area contributed by atoms with E-state index in [1.54, 1.807) is 6.20 Å². The third-order valence-electron chi connectivity index (χ3n) is 3.72. The Morgan fingerprint density at radius 3 is 2.88 bits per heavy atom. The molecule has 4 rings (SSSR count). The molecule has 0 spiro atoms. The zero-order chi connectivity index (χ0) is 17.2. The average Bonchev–Trinajstić information content (AvgIpc) is 3.07. The molecule has 0 radical (unpaired) electrons. The van der Waals surface area contributed by atoms with Gasteiger partial charge >= 0.3 is 0 Å². The van der Waals surface area contributed by atoms with Gasteiger partial charge in [-0.25, -0.2) is 0 Å². The summed E-state index contributed by atoms with van der Waals surface area (Å²) in [6, 6.07) is 11.2. The number of fused-ring (bicyclic) bond motifs is 1. The van der Waals surface area contributed by atoms with Crippen LogP contribution in [0.2, 0.25) is 5.02 Å². The summed E-state index contributed by atoms with van der Waals surface area (Å²) in [4.78, 5) is 4.42. The van der Waals surface area contributed by atoms with Crippen LogP contribution in [-0.4, -0.2) is 22.0 Å². The van der Waals surface area contributed by atoms with Gasteiger partial charge in [-0.2, -0.15) is 10.1 Å². The fraction of sp³-hybridized carbons (Fsp3) is 0.118. The number of rotatable bonds is 4. The Kier molecular flexibility index (Phi) is 3.99. The maximum atomic E-state index is 6.14. The summed E-state index contributed by atoms with van der Waals surface area (Å²) in [6.07, 6.45) is 1.55. The molecular formula is C17H14ClN5O2. The van der Waals surface area contributed by atoms with Gasteiger partial charge in [-0.3, -0.25) is 0 Å². The van der Waals surface area contributed by atoms with Gasteiger partial charge in [0.2, 0.25) is 12.7 Å². The summed E-state index contributed by atoms with van der Waals surface area (Å²) in [5, 5.41) is 15.0. The largest absolute Gasteiger partial charge is 0.454 e. The fourth-order valence-corrected chi connectivity index (χ4v) is 2.58. The van der Waals surface area contributed by atoms with Crippen molar-refractivity contribution in [3.8, 4) is 11.5 Å². The lowest BCUT2D eigenvalue weighted by molar-refractivity contribution is 0.174. The number of halogens is 1. The molecule has 2 aromatic carbocycles. The van der Waals surface area contributed by atoms with Crippen molar-refractivity contribution in [2.45, 2.75) is 6.92 Å². The molecule has 1 aliphatic heterocycles. The van der Waals surface area contributed by atoms with Crippen molar-refractivity contribution in [1.82, 2.24) is 15.2 Å². The summed E-state index contributed by atoms with van der Waals surface area (Å²) < 4.78 is 10.7. The molecule has 0 saturated heterocycles. The normalized spacial score (nSPS) is 12.1. The van der Waals surface area contributed by atoms with Crippen LogP contribution < -0.4 is 20.1 Å². The van der Waals surface area contributed by atoms with E-state index in [4.69, 9.17) is 21.1 Å². The summed E-state index contributed by atoms with van der Waals surface area (Å²) in [5.74, 6) is 2.32. The first-order chi connectivity index (χ1) is 12.2. The van der Waals surface area contributed by atoms with E-state index < -0.39 is 0 Å². The average molecular weight is 356 g/mol. The zero-order valence-electron chi connectivity index (χ0n) is 13.3. The second kappa shape index (κ2) is 6.45. The number of nitrogens with zero attached hydrogens (tertiary/aromatic N) is 3. The van der Waals surface area contributed by atoms with Crippen LogP contribution in [0, 0.1) is 6.92 Å². The van der Waals surface area contributed by atoms with Crippen molar-refractivity contribution in [2.75, 3.05) is 17.4 Å². The van der Waals surface area contributed by atoms with Crippen LogP contribution in [0.25, 0.3) is 0 Å². The second-order valence-corrected chi connectivity index (χ2v) is 5.80. The number of ether oxygens (including phenoxy) is 2. The highest BCUT2D eigenvalue weighted by Crippen LogP contribution is 2.34. The Morgan fingerprint density at radius 2 is 1.96 bits per heavy atom. The van der Waals surface area contributed by atoms with Gasteiger partial charge in [-0.05, 0) is 36.8 Å². The zero-order valence-corrected chi connectivity index (χ0v) is 14.0. The van der Waals surface area contributed by atoms with Crippen molar-refractivity contribution in [3.63, 3.8) is 0 Å². The van der Waals surface area contributed by atoms with Crippen molar-refractivity contribution in [3.05, 3.63) is 53.2 Å². The minimum atomic E-state index is 0.231. The molecule has 1 aliphatic rings. The van der Waals surface area contributed by atoms with E-state index in [0.29, 0.717) is 22.5 Å². The lowest BCUT2D eigenvalue weighted by Crippen LogP contribution is -2.03. The summed E-state index contributed by atoms with van der Waals surface area (Å²) in [7, 11) is 0. The molecule has 0 fully saturated rings. The van der Waals surface area contributed by atoms with E-state index in [9.17, 15) is 0 Å². The molecule has 0 unspecified atom stereocenters. The van der Waals surface area contributed by atoms with Crippen LogP contribution in [0.5, 0.6) is 11.5 Å². The molecule has 126 valence electrons. The highest BCUT2D eigenvalue weighted by atomic mass is 35.5. The highest BCUT2D eigenvalue weighted by molar-refractivity contribution is 6.31. The van der Waals surface area contributed by atoms with Crippen LogP contribution >= 0.6 is 11.6 Å². The van der Waals surface area contributed by atoms with Gasteiger partial charge in [0.1, 0.15) is 0 Å². The molecule has 8 heteroatoms. The van der Waals surface area contributed by atoms with E-state index in [0.717, 1.165) is 22.7 Å². The minimum Gasteiger partial charge on any atom is -0.454 e. The minimum absolute atomic E-state index is 0.231. The number of benzene rings is 2. The predicted octanol–water partition coefficient (Wildman–Crippen LogP) is 4.05. The Morgan fingerprint density at radius 1 is 1.08 bits per heavy atom. The molecule has 2 N–H and O–H groups in total. The number of aromatic nitrogens is 3. The summed E-state index contributed by atoms with van der Waals surface area (Å²) in [5.41, 5.74) is 2.58. The van der Waals surface area contributed by atoms with Gasteiger partial charge in [0.15, 0.2) is 17.3 Å². The maximum absolute atomic E-state index is 6.14. The first kappa shape index (κ1) is 15.5. The van der Waals surface area contributed by atoms with Gasteiger partial charge < -0.3 is 20.1 Å². The Balaban J connectivity index is 1.54. The third kappa shape index (κ3) is 3.27. The molecule has 25 heavy (non-hydrogen) atoms. The topological polar surface area (TPSA) is 81.2 Å². The lowest BCUT2D eigenvalue weighted by Gasteiger charge is -2.10. The molecule has 3 aromatic rings. The standard InChI is InChI=1S/C17H14ClN5O2/c1-10-12(18)3-2-4-13(10)21-16-8-19-23-17(22-16)20-11-5-6-14-15(7-11)25-9-24-14/h2-8H,9H2,1H3,(H2,20,21,22,23). The molecular weight excluding hydrogens is 342 g/mol. The first-order valence-corrected chi connectivity index (χ1v) is 7.95. The van der Waals surface area contributed by atoms with Crippen LogP contribution in [-0.2, 0) is 0 Å². The van der Waals surface area contributed by atoms with Gasteiger partial charge in [-0.15, -0.1) is 5.10 Å². The number of hydrogen-bond donors (Lipinski definition) is 2. The molecule has 0 bridgehead atoms. The van der Waals surface area contributed by atoms with Crippen molar-refractivity contribution in [2.24, 2.45) is 0 Å². The number of nitrogens with one attached hydrogen (secondary N) is 2. The molecule has 0 amide bonds.